The average molecular weight is 324 g/mol. The van der Waals surface area contributed by atoms with E-state index in [0.29, 0.717) is 9.14 Å². The first-order valence-corrected chi connectivity index (χ1v) is 6.03. The van der Waals surface area contributed by atoms with E-state index in [1.54, 1.807) is 12.1 Å². The van der Waals surface area contributed by atoms with Crippen LogP contribution in [0, 0.1) is 0 Å². The molecule has 2 rings (SSSR count). The minimum Gasteiger partial charge on any atom is -0.205 e. The van der Waals surface area contributed by atoms with E-state index in [-0.39, 0.29) is 5.83 Å². The molecule has 0 N–H and O–H groups in total. The van der Waals surface area contributed by atoms with Crippen molar-refractivity contribution in [3.63, 3.8) is 0 Å². The fourth-order valence-corrected chi connectivity index (χ4v) is 2.09. The summed E-state index contributed by atoms with van der Waals surface area (Å²) >= 11 is 2.04. The SMILES string of the molecule is FC(=C(I)c1ccccc1)c1ccccc1. The van der Waals surface area contributed by atoms with E-state index in [4.69, 9.17) is 0 Å². The fourth-order valence-electron chi connectivity index (χ4n) is 1.42. The third-order valence-electron chi connectivity index (χ3n) is 2.25. The molecule has 0 aromatic heterocycles. The van der Waals surface area contributed by atoms with E-state index in [1.807, 2.05) is 71.1 Å². The summed E-state index contributed by atoms with van der Waals surface area (Å²) in [5.74, 6) is -0.174. The number of benzene rings is 2. The molecule has 2 aromatic rings. The van der Waals surface area contributed by atoms with Crippen LogP contribution >= 0.6 is 22.6 Å². The summed E-state index contributed by atoms with van der Waals surface area (Å²) in [7, 11) is 0. The highest BCUT2D eigenvalue weighted by Gasteiger charge is 2.07. The molecule has 0 aliphatic rings. The van der Waals surface area contributed by atoms with Gasteiger partial charge in [0.25, 0.3) is 0 Å². The second-order valence-electron chi connectivity index (χ2n) is 3.36. The van der Waals surface area contributed by atoms with Crippen molar-refractivity contribution in [3.8, 4) is 0 Å². The van der Waals surface area contributed by atoms with Gasteiger partial charge in [0, 0.05) is 5.56 Å². The second kappa shape index (κ2) is 5.25. The van der Waals surface area contributed by atoms with Crippen molar-refractivity contribution >= 4 is 32.0 Å². The second-order valence-corrected chi connectivity index (χ2v) is 4.44. The van der Waals surface area contributed by atoms with Crippen molar-refractivity contribution in [1.82, 2.24) is 0 Å². The standard InChI is InChI=1S/C14H10FI/c15-13(11-7-3-1-4-8-11)14(16)12-9-5-2-6-10-12/h1-10H. The molecule has 0 nitrogen and oxygen atoms in total. The molecule has 0 bridgehead atoms. The van der Waals surface area contributed by atoms with Crippen LogP contribution in [0.4, 0.5) is 4.39 Å². The minimum absolute atomic E-state index is 0.174. The van der Waals surface area contributed by atoms with Crippen molar-refractivity contribution in [2.75, 3.05) is 0 Å². The van der Waals surface area contributed by atoms with Crippen LogP contribution in [-0.4, -0.2) is 0 Å². The number of rotatable bonds is 2. The first kappa shape index (κ1) is 11.3. The Morgan fingerprint density at radius 1 is 0.750 bits per heavy atom. The molecule has 0 unspecified atom stereocenters. The minimum atomic E-state index is -0.174. The van der Waals surface area contributed by atoms with Gasteiger partial charge in [-0.3, -0.25) is 0 Å². The summed E-state index contributed by atoms with van der Waals surface area (Å²) in [6.07, 6.45) is 0. The molecule has 16 heavy (non-hydrogen) atoms. The zero-order chi connectivity index (χ0) is 11.4. The highest BCUT2D eigenvalue weighted by atomic mass is 127. The maximum Gasteiger partial charge on any atom is 0.144 e. The zero-order valence-corrected chi connectivity index (χ0v) is 10.7. The summed E-state index contributed by atoms with van der Waals surface area (Å²) in [4.78, 5) is 0. The summed E-state index contributed by atoms with van der Waals surface area (Å²) in [6.45, 7) is 0. The molecule has 0 atom stereocenters. The summed E-state index contributed by atoms with van der Waals surface area (Å²) in [6, 6.07) is 18.7. The Morgan fingerprint density at radius 2 is 1.19 bits per heavy atom. The van der Waals surface area contributed by atoms with Crippen LogP contribution in [0.5, 0.6) is 0 Å². The van der Waals surface area contributed by atoms with E-state index in [0.717, 1.165) is 5.56 Å². The first-order chi connectivity index (χ1) is 7.79. The van der Waals surface area contributed by atoms with Gasteiger partial charge in [-0.25, -0.2) is 4.39 Å². The van der Waals surface area contributed by atoms with E-state index in [1.165, 1.54) is 0 Å². The van der Waals surface area contributed by atoms with Gasteiger partial charge in [0.05, 0.1) is 3.58 Å². The molecular formula is C14H10FI. The van der Waals surface area contributed by atoms with Crippen molar-refractivity contribution in [2.45, 2.75) is 0 Å². The number of hydrogen-bond acceptors (Lipinski definition) is 0. The lowest BCUT2D eigenvalue weighted by molar-refractivity contribution is 0.765. The maximum atomic E-state index is 14.1. The van der Waals surface area contributed by atoms with Crippen molar-refractivity contribution < 1.29 is 4.39 Å². The molecule has 0 aliphatic carbocycles. The van der Waals surface area contributed by atoms with Crippen molar-refractivity contribution in [2.24, 2.45) is 0 Å². The third-order valence-corrected chi connectivity index (χ3v) is 3.34. The highest BCUT2D eigenvalue weighted by molar-refractivity contribution is 14.1. The van der Waals surface area contributed by atoms with Crippen LogP contribution in [-0.2, 0) is 0 Å². The topological polar surface area (TPSA) is 0 Å². The van der Waals surface area contributed by atoms with E-state index < -0.39 is 0 Å². The first-order valence-electron chi connectivity index (χ1n) is 4.95. The quantitative estimate of drug-likeness (QED) is 0.543. The molecule has 2 aromatic carbocycles. The van der Waals surface area contributed by atoms with Gasteiger partial charge >= 0.3 is 0 Å². The maximum absolute atomic E-state index is 14.1. The Hall–Kier alpha value is -1.16. The molecular weight excluding hydrogens is 314 g/mol. The molecule has 2 heteroatoms. The summed E-state index contributed by atoms with van der Waals surface area (Å²) in [5.41, 5.74) is 1.53. The van der Waals surface area contributed by atoms with Gasteiger partial charge in [-0.1, -0.05) is 60.7 Å². The normalized spacial score (nSPS) is 12.1. The fraction of sp³-hybridized carbons (Fsp3) is 0. The molecule has 0 heterocycles. The van der Waals surface area contributed by atoms with Crippen LogP contribution in [0.15, 0.2) is 60.7 Å². The van der Waals surface area contributed by atoms with Gasteiger partial charge in [-0.15, -0.1) is 0 Å². The molecule has 0 radical (unpaired) electrons. The predicted octanol–water partition coefficient (Wildman–Crippen LogP) is 4.92. The van der Waals surface area contributed by atoms with Gasteiger partial charge in [0.15, 0.2) is 0 Å². The lowest BCUT2D eigenvalue weighted by Crippen LogP contribution is -1.81. The number of hydrogen-bond donors (Lipinski definition) is 0. The monoisotopic (exact) mass is 324 g/mol. The Kier molecular flexibility index (Phi) is 3.72. The van der Waals surface area contributed by atoms with E-state index >= 15 is 0 Å². The van der Waals surface area contributed by atoms with Crippen LogP contribution in [0.3, 0.4) is 0 Å². The third kappa shape index (κ3) is 2.50. The van der Waals surface area contributed by atoms with Gasteiger partial charge in [0.1, 0.15) is 5.83 Å². The molecule has 0 saturated carbocycles. The molecule has 0 aliphatic heterocycles. The summed E-state index contributed by atoms with van der Waals surface area (Å²) in [5, 5.41) is 0. The largest absolute Gasteiger partial charge is 0.205 e. The van der Waals surface area contributed by atoms with E-state index in [2.05, 4.69) is 0 Å². The van der Waals surface area contributed by atoms with Gasteiger partial charge in [-0.05, 0) is 28.2 Å². The van der Waals surface area contributed by atoms with E-state index in [9.17, 15) is 4.39 Å². The number of halogens is 2. The average Bonchev–Trinajstić information content (AvgIpc) is 2.39. The molecule has 0 saturated heterocycles. The Balaban J connectivity index is 2.43. The molecule has 0 spiro atoms. The molecule has 0 fully saturated rings. The van der Waals surface area contributed by atoms with Gasteiger partial charge in [-0.2, -0.15) is 0 Å². The Bertz CT molecular complexity index is 441. The van der Waals surface area contributed by atoms with Gasteiger partial charge in [0.2, 0.25) is 0 Å². The predicted molar refractivity (Wildman–Crippen MR) is 74.8 cm³/mol. The Morgan fingerprint density at radius 3 is 1.69 bits per heavy atom. The highest BCUT2D eigenvalue weighted by Crippen LogP contribution is 2.32. The van der Waals surface area contributed by atoms with Crippen molar-refractivity contribution in [3.05, 3.63) is 71.8 Å². The summed E-state index contributed by atoms with van der Waals surface area (Å²) < 4.78 is 14.7. The lowest BCUT2D eigenvalue weighted by Gasteiger charge is -2.03. The van der Waals surface area contributed by atoms with Crippen LogP contribution in [0.1, 0.15) is 11.1 Å². The molecule has 0 amide bonds. The zero-order valence-electron chi connectivity index (χ0n) is 8.53. The molecule has 80 valence electrons. The van der Waals surface area contributed by atoms with Crippen LogP contribution in [0.2, 0.25) is 0 Å². The Labute approximate surface area is 108 Å². The van der Waals surface area contributed by atoms with Gasteiger partial charge < -0.3 is 0 Å². The lowest BCUT2D eigenvalue weighted by atomic mass is 10.1. The smallest absolute Gasteiger partial charge is 0.144 e. The van der Waals surface area contributed by atoms with Crippen LogP contribution < -0.4 is 0 Å². The van der Waals surface area contributed by atoms with Crippen molar-refractivity contribution in [1.29, 1.82) is 0 Å². The van der Waals surface area contributed by atoms with Crippen LogP contribution in [0.25, 0.3) is 9.41 Å².